The average Bonchev–Trinajstić information content (AvgIpc) is 2.84. The summed E-state index contributed by atoms with van der Waals surface area (Å²) in [4.78, 5) is 14.8. The molecule has 1 aromatic heterocycles. The van der Waals surface area contributed by atoms with Gasteiger partial charge >= 0.3 is 0 Å². The quantitative estimate of drug-likeness (QED) is 0.813. The number of rotatable bonds is 6. The highest BCUT2D eigenvalue weighted by molar-refractivity contribution is 7.10. The SMILES string of the molecule is COCC(C)CC(=O)N(C)Cc1cc(C#CCO)cs1. The topological polar surface area (TPSA) is 49.8 Å². The Morgan fingerprint density at radius 1 is 1.60 bits per heavy atom. The second-order valence-electron chi connectivity index (χ2n) is 4.78. The fourth-order valence-corrected chi connectivity index (χ4v) is 2.66. The molecule has 1 N–H and O–H groups in total. The molecule has 20 heavy (non-hydrogen) atoms. The predicted octanol–water partition coefficient (Wildman–Crippen LogP) is 1.72. The molecule has 0 saturated carbocycles. The Labute approximate surface area is 124 Å². The molecule has 0 fully saturated rings. The number of carbonyl (C=O) groups is 1. The zero-order chi connectivity index (χ0) is 15.0. The molecule has 1 heterocycles. The second-order valence-corrected chi connectivity index (χ2v) is 5.77. The van der Waals surface area contributed by atoms with Gasteiger partial charge in [-0.1, -0.05) is 18.8 Å². The van der Waals surface area contributed by atoms with Crippen LogP contribution in [0.15, 0.2) is 11.4 Å². The van der Waals surface area contributed by atoms with Crippen molar-refractivity contribution < 1.29 is 14.6 Å². The van der Waals surface area contributed by atoms with Gasteiger partial charge in [-0.2, -0.15) is 0 Å². The molecule has 1 rings (SSSR count). The minimum atomic E-state index is -0.138. The minimum absolute atomic E-state index is 0.117. The normalized spacial score (nSPS) is 11.6. The molecule has 1 amide bonds. The van der Waals surface area contributed by atoms with E-state index in [4.69, 9.17) is 9.84 Å². The molecule has 5 heteroatoms. The van der Waals surface area contributed by atoms with Gasteiger partial charge < -0.3 is 14.7 Å². The lowest BCUT2D eigenvalue weighted by Crippen LogP contribution is -2.28. The molecule has 0 radical (unpaired) electrons. The summed E-state index contributed by atoms with van der Waals surface area (Å²) in [6.07, 6.45) is 0.493. The third-order valence-corrected chi connectivity index (χ3v) is 3.68. The third-order valence-electron chi connectivity index (χ3n) is 2.76. The molecular formula is C15H21NO3S. The molecule has 0 aliphatic heterocycles. The van der Waals surface area contributed by atoms with Gasteiger partial charge in [0.15, 0.2) is 0 Å². The van der Waals surface area contributed by atoms with Crippen LogP contribution in [0, 0.1) is 17.8 Å². The van der Waals surface area contributed by atoms with E-state index in [0.29, 0.717) is 19.6 Å². The Hall–Kier alpha value is -1.35. The molecule has 1 aromatic rings. The number of aliphatic hydroxyl groups excluding tert-OH is 1. The molecule has 0 aromatic carbocycles. The van der Waals surface area contributed by atoms with Gasteiger partial charge in [0.25, 0.3) is 0 Å². The maximum absolute atomic E-state index is 12.0. The molecule has 1 unspecified atom stereocenters. The van der Waals surface area contributed by atoms with E-state index >= 15 is 0 Å². The Morgan fingerprint density at radius 2 is 2.35 bits per heavy atom. The summed E-state index contributed by atoms with van der Waals surface area (Å²) in [5, 5.41) is 10.6. The van der Waals surface area contributed by atoms with Gasteiger partial charge in [0.05, 0.1) is 6.54 Å². The standard InChI is InChI=1S/C15H21NO3S/c1-12(10-19-3)7-15(18)16(2)9-14-8-13(11-20-14)5-4-6-17/h8,11-12,17H,6-7,9-10H2,1-3H3. The first kappa shape index (κ1) is 16.7. The summed E-state index contributed by atoms with van der Waals surface area (Å²) in [7, 11) is 3.45. The summed E-state index contributed by atoms with van der Waals surface area (Å²) in [6.45, 7) is 3.05. The molecule has 4 nitrogen and oxygen atoms in total. The van der Waals surface area contributed by atoms with Crippen LogP contribution in [0.1, 0.15) is 23.8 Å². The first-order valence-corrected chi connectivity index (χ1v) is 7.34. The van der Waals surface area contributed by atoms with Crippen LogP contribution in [-0.4, -0.2) is 43.3 Å². The summed E-state index contributed by atoms with van der Waals surface area (Å²) < 4.78 is 5.04. The lowest BCUT2D eigenvalue weighted by atomic mass is 10.1. The highest BCUT2D eigenvalue weighted by Crippen LogP contribution is 2.16. The smallest absolute Gasteiger partial charge is 0.222 e. The molecule has 0 saturated heterocycles. The van der Waals surface area contributed by atoms with Gasteiger partial charge in [0, 0.05) is 43.0 Å². The molecule has 0 spiro atoms. The maximum atomic E-state index is 12.0. The average molecular weight is 295 g/mol. The van der Waals surface area contributed by atoms with Gasteiger partial charge in [-0.05, 0) is 12.0 Å². The lowest BCUT2D eigenvalue weighted by molar-refractivity contribution is -0.131. The highest BCUT2D eigenvalue weighted by atomic mass is 32.1. The zero-order valence-corrected chi connectivity index (χ0v) is 13.0. The maximum Gasteiger partial charge on any atom is 0.222 e. The van der Waals surface area contributed by atoms with E-state index in [1.54, 1.807) is 30.4 Å². The van der Waals surface area contributed by atoms with Crippen LogP contribution in [0.3, 0.4) is 0 Å². The minimum Gasteiger partial charge on any atom is -0.384 e. The van der Waals surface area contributed by atoms with E-state index < -0.39 is 0 Å². The lowest BCUT2D eigenvalue weighted by Gasteiger charge is -2.18. The van der Waals surface area contributed by atoms with E-state index in [2.05, 4.69) is 11.8 Å². The number of carbonyl (C=O) groups excluding carboxylic acids is 1. The van der Waals surface area contributed by atoms with Crippen molar-refractivity contribution in [2.75, 3.05) is 27.4 Å². The van der Waals surface area contributed by atoms with Crippen LogP contribution in [0.4, 0.5) is 0 Å². The van der Waals surface area contributed by atoms with Crippen molar-refractivity contribution in [2.24, 2.45) is 5.92 Å². The summed E-state index contributed by atoms with van der Waals surface area (Å²) >= 11 is 1.57. The van der Waals surface area contributed by atoms with Crippen molar-refractivity contribution >= 4 is 17.2 Å². The number of nitrogens with zero attached hydrogens (tertiary/aromatic N) is 1. The third kappa shape index (κ3) is 5.74. The zero-order valence-electron chi connectivity index (χ0n) is 12.2. The van der Waals surface area contributed by atoms with Crippen molar-refractivity contribution in [1.82, 2.24) is 4.90 Å². The largest absolute Gasteiger partial charge is 0.384 e. The van der Waals surface area contributed by atoms with Crippen LogP contribution in [0.2, 0.25) is 0 Å². The van der Waals surface area contributed by atoms with Crippen molar-refractivity contribution in [3.05, 3.63) is 21.9 Å². The fourth-order valence-electron chi connectivity index (χ4n) is 1.79. The van der Waals surface area contributed by atoms with E-state index in [1.807, 2.05) is 18.4 Å². The monoisotopic (exact) mass is 295 g/mol. The van der Waals surface area contributed by atoms with E-state index in [0.717, 1.165) is 10.4 Å². The van der Waals surface area contributed by atoms with Crippen LogP contribution in [0.5, 0.6) is 0 Å². The molecule has 0 aliphatic carbocycles. The molecular weight excluding hydrogens is 274 g/mol. The van der Waals surface area contributed by atoms with Crippen molar-refractivity contribution in [3.63, 3.8) is 0 Å². The van der Waals surface area contributed by atoms with E-state index in [9.17, 15) is 4.79 Å². The summed E-state index contributed by atoms with van der Waals surface area (Å²) in [5.74, 6) is 5.81. The summed E-state index contributed by atoms with van der Waals surface area (Å²) in [5.41, 5.74) is 0.882. The van der Waals surface area contributed by atoms with Gasteiger partial charge in [0.2, 0.25) is 5.91 Å². The van der Waals surface area contributed by atoms with E-state index in [1.165, 1.54) is 0 Å². The predicted molar refractivity (Wildman–Crippen MR) is 80.4 cm³/mol. The second kappa shape index (κ2) is 8.75. The number of thiophene rings is 1. The number of methoxy groups -OCH3 is 1. The molecule has 0 bridgehead atoms. The van der Waals surface area contributed by atoms with Gasteiger partial charge in [0.1, 0.15) is 6.61 Å². The van der Waals surface area contributed by atoms with Gasteiger partial charge in [-0.15, -0.1) is 11.3 Å². The Kier molecular flexibility index (Phi) is 7.31. The van der Waals surface area contributed by atoms with Gasteiger partial charge in [-0.25, -0.2) is 0 Å². The van der Waals surface area contributed by atoms with Crippen molar-refractivity contribution in [1.29, 1.82) is 0 Å². The molecule has 1 atom stereocenters. The van der Waals surface area contributed by atoms with Crippen molar-refractivity contribution in [2.45, 2.75) is 19.9 Å². The Bertz CT molecular complexity index is 487. The van der Waals surface area contributed by atoms with Crippen LogP contribution < -0.4 is 0 Å². The Balaban J connectivity index is 2.50. The number of hydrogen-bond donors (Lipinski definition) is 1. The Morgan fingerprint density at radius 3 is 3.00 bits per heavy atom. The highest BCUT2D eigenvalue weighted by Gasteiger charge is 2.14. The van der Waals surface area contributed by atoms with Crippen molar-refractivity contribution in [3.8, 4) is 11.8 Å². The van der Waals surface area contributed by atoms with Gasteiger partial charge in [-0.3, -0.25) is 4.79 Å². The number of aliphatic hydroxyl groups is 1. The first-order valence-electron chi connectivity index (χ1n) is 6.46. The van der Waals surface area contributed by atoms with Crippen LogP contribution in [0.25, 0.3) is 0 Å². The fraction of sp³-hybridized carbons (Fsp3) is 0.533. The van der Waals surface area contributed by atoms with Crippen LogP contribution in [-0.2, 0) is 16.1 Å². The molecule has 0 aliphatic rings. The number of amides is 1. The van der Waals surface area contributed by atoms with E-state index in [-0.39, 0.29) is 18.4 Å². The number of ether oxygens (including phenoxy) is 1. The molecule has 110 valence electrons. The van der Waals surface area contributed by atoms with Crippen LogP contribution >= 0.6 is 11.3 Å². The summed E-state index contributed by atoms with van der Waals surface area (Å²) in [6, 6.07) is 1.95. The first-order chi connectivity index (χ1) is 9.56. The number of hydrogen-bond acceptors (Lipinski definition) is 4.